The van der Waals surface area contributed by atoms with Crippen LogP contribution in [-0.2, 0) is 14.3 Å². The number of quaternary nitrogens is 1. The Kier molecular flexibility index (Phi) is 7.02. The third-order valence-electron chi connectivity index (χ3n) is 5.69. The molecule has 0 radical (unpaired) electrons. The van der Waals surface area contributed by atoms with Crippen LogP contribution in [0.4, 0.5) is 4.39 Å². The lowest BCUT2D eigenvalue weighted by molar-refractivity contribution is -0.857. The predicted molar refractivity (Wildman–Crippen MR) is 117 cm³/mol. The first kappa shape index (κ1) is 24.2. The Morgan fingerprint density at radius 1 is 1.27 bits per heavy atom. The lowest BCUT2D eigenvalue weighted by atomic mass is 9.94. The number of likely N-dealkylation sites (N-methyl/N-ethyl adjacent to an activating group) is 1. The molecule has 3 rings (SSSR count). The number of nitrogens with zero attached hydrogens (tertiary/aromatic N) is 1. The Hall–Kier alpha value is -3.46. The largest absolute Gasteiger partial charge is 0.872 e. The molecule has 1 aromatic heterocycles. The SMILES string of the molecule is CCOC(=O)c1[nH]c(C)c(C([O-])=C2C(=O)C(=O)N(CC[NH+](C)C)C2c2cccc(F)c2)c1C. The van der Waals surface area contributed by atoms with Gasteiger partial charge in [-0.2, -0.15) is 0 Å². The summed E-state index contributed by atoms with van der Waals surface area (Å²) < 4.78 is 19.1. The van der Waals surface area contributed by atoms with Gasteiger partial charge in [0.1, 0.15) is 11.5 Å². The summed E-state index contributed by atoms with van der Waals surface area (Å²) in [5, 5.41) is 13.7. The van der Waals surface area contributed by atoms with Crippen molar-refractivity contribution >= 4 is 23.4 Å². The maximum Gasteiger partial charge on any atom is 0.355 e. The van der Waals surface area contributed by atoms with Gasteiger partial charge in [-0.25, -0.2) is 9.18 Å². The second-order valence-electron chi connectivity index (χ2n) is 8.33. The molecular weight excluding hydrogens is 429 g/mol. The van der Waals surface area contributed by atoms with Crippen molar-refractivity contribution in [1.82, 2.24) is 9.88 Å². The number of carbonyl (C=O) groups excluding carboxylic acids is 3. The number of esters is 1. The number of hydrogen-bond acceptors (Lipinski definition) is 5. The van der Waals surface area contributed by atoms with Crippen LogP contribution in [0.1, 0.15) is 45.8 Å². The number of carbonyl (C=O) groups is 3. The molecule has 0 aliphatic carbocycles. The van der Waals surface area contributed by atoms with Crippen molar-refractivity contribution in [1.29, 1.82) is 0 Å². The maximum absolute atomic E-state index is 14.1. The average molecular weight is 458 g/mol. The van der Waals surface area contributed by atoms with Crippen molar-refractivity contribution in [2.45, 2.75) is 26.8 Å². The number of aryl methyl sites for hydroxylation is 1. The fraction of sp³-hybridized carbons (Fsp3) is 0.375. The van der Waals surface area contributed by atoms with Gasteiger partial charge in [0, 0.05) is 11.3 Å². The number of Topliss-reactive ketones (excluding diaryl/α,β-unsaturated/α-hetero) is 1. The summed E-state index contributed by atoms with van der Waals surface area (Å²) in [7, 11) is 3.80. The summed E-state index contributed by atoms with van der Waals surface area (Å²) in [6.45, 7) is 5.76. The van der Waals surface area contributed by atoms with Gasteiger partial charge < -0.3 is 24.6 Å². The van der Waals surface area contributed by atoms with Crippen LogP contribution in [0, 0.1) is 19.7 Å². The molecule has 1 aliphatic rings. The quantitative estimate of drug-likeness (QED) is 0.270. The number of ether oxygens (including phenoxy) is 1. The van der Waals surface area contributed by atoms with Crippen LogP contribution < -0.4 is 10.0 Å². The second-order valence-corrected chi connectivity index (χ2v) is 8.33. The molecule has 0 bridgehead atoms. The molecule has 1 atom stereocenters. The van der Waals surface area contributed by atoms with Crippen LogP contribution in [0.5, 0.6) is 0 Å². The van der Waals surface area contributed by atoms with E-state index in [9.17, 15) is 23.9 Å². The lowest BCUT2D eigenvalue weighted by Crippen LogP contribution is -3.06. The van der Waals surface area contributed by atoms with E-state index in [1.54, 1.807) is 26.8 Å². The third kappa shape index (κ3) is 4.54. The van der Waals surface area contributed by atoms with E-state index in [-0.39, 0.29) is 30.0 Å². The van der Waals surface area contributed by atoms with E-state index >= 15 is 0 Å². The Morgan fingerprint density at radius 2 is 1.97 bits per heavy atom. The van der Waals surface area contributed by atoms with Crippen LogP contribution in [0.25, 0.3) is 5.76 Å². The molecule has 8 nitrogen and oxygen atoms in total. The molecule has 1 unspecified atom stereocenters. The lowest BCUT2D eigenvalue weighted by Gasteiger charge is -2.28. The molecule has 1 amide bonds. The van der Waals surface area contributed by atoms with E-state index in [1.807, 2.05) is 14.1 Å². The molecule has 1 aromatic carbocycles. The summed E-state index contributed by atoms with van der Waals surface area (Å²) >= 11 is 0. The van der Waals surface area contributed by atoms with E-state index < -0.39 is 35.3 Å². The minimum atomic E-state index is -1.02. The van der Waals surface area contributed by atoms with Crippen molar-refractivity contribution in [3.8, 4) is 0 Å². The van der Waals surface area contributed by atoms with Gasteiger partial charge in [-0.15, -0.1) is 0 Å². The zero-order valence-corrected chi connectivity index (χ0v) is 19.4. The number of aromatic amines is 1. The van der Waals surface area contributed by atoms with Crippen LogP contribution in [0.15, 0.2) is 29.8 Å². The topological polar surface area (TPSA) is 107 Å². The minimum Gasteiger partial charge on any atom is -0.872 e. The molecule has 176 valence electrons. The van der Waals surface area contributed by atoms with Crippen molar-refractivity contribution in [3.05, 3.63) is 63.7 Å². The Morgan fingerprint density at radius 3 is 2.58 bits per heavy atom. The fourth-order valence-corrected chi connectivity index (χ4v) is 4.10. The highest BCUT2D eigenvalue weighted by molar-refractivity contribution is 6.46. The van der Waals surface area contributed by atoms with Gasteiger partial charge >= 0.3 is 5.97 Å². The van der Waals surface area contributed by atoms with Crippen molar-refractivity contribution in [3.63, 3.8) is 0 Å². The van der Waals surface area contributed by atoms with Crippen molar-refractivity contribution in [2.24, 2.45) is 0 Å². The van der Waals surface area contributed by atoms with E-state index in [1.165, 1.54) is 23.1 Å². The number of likely N-dealkylation sites (tertiary alicyclic amines) is 1. The normalized spacial score (nSPS) is 17.8. The van der Waals surface area contributed by atoms with Gasteiger partial charge in [0.15, 0.2) is 0 Å². The van der Waals surface area contributed by atoms with E-state index in [4.69, 9.17) is 4.74 Å². The Bertz CT molecular complexity index is 1140. The first-order valence-electron chi connectivity index (χ1n) is 10.8. The molecular formula is C24H28FN3O5. The number of amides is 1. The van der Waals surface area contributed by atoms with Crippen molar-refractivity contribution < 1.29 is 33.5 Å². The van der Waals surface area contributed by atoms with Crippen LogP contribution in [-0.4, -0.2) is 61.3 Å². The number of aromatic nitrogens is 1. The van der Waals surface area contributed by atoms with Gasteiger partial charge in [-0.1, -0.05) is 17.9 Å². The first-order chi connectivity index (χ1) is 15.6. The van der Waals surface area contributed by atoms with Crippen LogP contribution >= 0.6 is 0 Å². The molecule has 2 heterocycles. The van der Waals surface area contributed by atoms with E-state index in [2.05, 4.69) is 4.98 Å². The highest BCUT2D eigenvalue weighted by Crippen LogP contribution is 2.39. The summed E-state index contributed by atoms with van der Waals surface area (Å²) in [6.07, 6.45) is 0. The Balaban J connectivity index is 2.20. The van der Waals surface area contributed by atoms with Crippen LogP contribution in [0.3, 0.4) is 0 Å². The standard InChI is InChI=1S/C24H28FN3O5/c1-6-33-24(32)19-13(2)17(14(3)26-19)21(29)18-20(15-8-7-9-16(25)12-15)28(11-10-27(4)5)23(31)22(18)30/h7-9,12,20,26,29H,6,10-11H2,1-5H3. The summed E-state index contributed by atoms with van der Waals surface area (Å²) in [6, 6.07) is 4.52. The summed E-state index contributed by atoms with van der Waals surface area (Å²) in [5.74, 6) is -3.54. The van der Waals surface area contributed by atoms with E-state index in [0.29, 0.717) is 23.4 Å². The number of rotatable bonds is 7. The zero-order chi connectivity index (χ0) is 24.4. The predicted octanol–water partition coefficient (Wildman–Crippen LogP) is 0.316. The molecule has 1 aliphatic heterocycles. The van der Waals surface area contributed by atoms with Gasteiger partial charge in [0.2, 0.25) is 5.78 Å². The smallest absolute Gasteiger partial charge is 0.355 e. The van der Waals surface area contributed by atoms with Crippen molar-refractivity contribution in [2.75, 3.05) is 33.8 Å². The van der Waals surface area contributed by atoms with Gasteiger partial charge in [-0.05, 0) is 49.6 Å². The first-order valence-corrected chi connectivity index (χ1v) is 10.8. The highest BCUT2D eigenvalue weighted by atomic mass is 19.1. The number of nitrogens with one attached hydrogen (secondary N) is 2. The van der Waals surface area contributed by atoms with Gasteiger partial charge in [-0.3, -0.25) is 9.59 Å². The van der Waals surface area contributed by atoms with Gasteiger partial charge in [0.05, 0.1) is 39.8 Å². The molecule has 2 N–H and O–H groups in total. The van der Waals surface area contributed by atoms with E-state index in [0.717, 1.165) is 4.90 Å². The molecule has 1 fully saturated rings. The minimum absolute atomic E-state index is 0.116. The third-order valence-corrected chi connectivity index (χ3v) is 5.69. The number of benzene rings is 1. The maximum atomic E-state index is 14.1. The molecule has 9 heteroatoms. The zero-order valence-electron chi connectivity index (χ0n) is 19.4. The second kappa shape index (κ2) is 9.58. The molecule has 0 spiro atoms. The number of H-pyrrole nitrogens is 1. The van der Waals surface area contributed by atoms with Gasteiger partial charge in [0.25, 0.3) is 5.91 Å². The average Bonchev–Trinajstić information content (AvgIpc) is 3.19. The molecule has 2 aromatic rings. The number of hydrogen-bond donors (Lipinski definition) is 2. The Labute approximate surface area is 191 Å². The summed E-state index contributed by atoms with van der Waals surface area (Å²) in [5.41, 5.74) is 1.05. The number of ketones is 1. The molecule has 1 saturated heterocycles. The monoisotopic (exact) mass is 457 g/mol. The summed E-state index contributed by atoms with van der Waals surface area (Å²) in [4.78, 5) is 43.5. The fourth-order valence-electron chi connectivity index (χ4n) is 4.10. The molecule has 0 saturated carbocycles. The molecule has 33 heavy (non-hydrogen) atoms. The number of halogens is 1. The van der Waals surface area contributed by atoms with Crippen LogP contribution in [0.2, 0.25) is 0 Å². The highest BCUT2D eigenvalue weighted by Gasteiger charge is 2.44.